The van der Waals surface area contributed by atoms with Gasteiger partial charge in [0.05, 0.1) is 25.5 Å². The molecule has 8 nitrogen and oxygen atoms in total. The maximum absolute atomic E-state index is 5.27. The molecule has 1 saturated heterocycles. The predicted octanol–water partition coefficient (Wildman–Crippen LogP) is 3.71. The number of pyridine rings is 2. The normalized spacial score (nSPS) is 19.8. The van der Waals surface area contributed by atoms with E-state index in [1.165, 1.54) is 38.6 Å². The van der Waals surface area contributed by atoms with E-state index in [0.717, 1.165) is 41.6 Å². The summed E-state index contributed by atoms with van der Waals surface area (Å²) in [5, 5.41) is 12.5. The van der Waals surface area contributed by atoms with E-state index in [-0.39, 0.29) is 6.04 Å². The number of rotatable bonds is 8. The molecule has 1 unspecified atom stereocenters. The van der Waals surface area contributed by atoms with Crippen LogP contribution < -0.4 is 15.0 Å². The molecule has 5 rings (SSSR count). The summed E-state index contributed by atoms with van der Waals surface area (Å²) < 4.78 is 7.13. The van der Waals surface area contributed by atoms with Gasteiger partial charge >= 0.3 is 0 Å². The van der Waals surface area contributed by atoms with Crippen molar-refractivity contribution in [1.82, 2.24) is 30.3 Å². The summed E-state index contributed by atoms with van der Waals surface area (Å²) in [6.07, 6.45) is 14.0. The van der Waals surface area contributed by atoms with Crippen molar-refractivity contribution in [2.75, 3.05) is 31.6 Å². The standard InChI is InChI=1S/C25H33N7O/c1-18(32-17-24(29-30-32)21-11-23(33-2)15-26-13-21)20-8-9-25(28-14-20)31-10-4-7-22(16-31)27-12-19-5-3-6-19/h8-9,11,13-15,17-19,22,27H,3-7,10,12,16H2,1-2H3/t18?,22-/m1/s1. The lowest BCUT2D eigenvalue weighted by molar-refractivity contribution is 0.280. The summed E-state index contributed by atoms with van der Waals surface area (Å²) in [6.45, 7) is 5.40. The van der Waals surface area contributed by atoms with Gasteiger partial charge in [-0.2, -0.15) is 0 Å². The third kappa shape index (κ3) is 5.00. The van der Waals surface area contributed by atoms with Gasteiger partial charge in [-0.15, -0.1) is 5.10 Å². The molecular weight excluding hydrogens is 414 g/mol. The quantitative estimate of drug-likeness (QED) is 0.564. The van der Waals surface area contributed by atoms with Crippen molar-refractivity contribution in [3.05, 3.63) is 48.5 Å². The molecule has 2 atom stereocenters. The second-order valence-electron chi connectivity index (χ2n) is 9.31. The van der Waals surface area contributed by atoms with Crippen LogP contribution in [0.2, 0.25) is 0 Å². The van der Waals surface area contributed by atoms with Gasteiger partial charge in [-0.3, -0.25) is 4.98 Å². The number of hydrogen-bond acceptors (Lipinski definition) is 7. The fourth-order valence-electron chi connectivity index (χ4n) is 4.64. The molecule has 8 heteroatoms. The van der Waals surface area contributed by atoms with Crippen molar-refractivity contribution in [3.63, 3.8) is 0 Å². The average molecular weight is 448 g/mol. The minimum atomic E-state index is 0.0321. The van der Waals surface area contributed by atoms with Crippen molar-refractivity contribution in [2.45, 2.75) is 51.1 Å². The molecule has 1 aliphatic heterocycles. The molecule has 0 amide bonds. The van der Waals surface area contributed by atoms with E-state index in [0.29, 0.717) is 11.8 Å². The topological polar surface area (TPSA) is 81.0 Å². The lowest BCUT2D eigenvalue weighted by atomic mass is 9.85. The van der Waals surface area contributed by atoms with Gasteiger partial charge in [0.15, 0.2) is 0 Å². The second-order valence-corrected chi connectivity index (χ2v) is 9.31. The highest BCUT2D eigenvalue weighted by Gasteiger charge is 2.23. The molecule has 3 aromatic rings. The Bertz CT molecular complexity index is 1050. The molecule has 1 N–H and O–H groups in total. The van der Waals surface area contributed by atoms with Crippen LogP contribution in [0.1, 0.15) is 50.6 Å². The van der Waals surface area contributed by atoms with Crippen molar-refractivity contribution in [1.29, 1.82) is 0 Å². The first-order valence-corrected chi connectivity index (χ1v) is 12.0. The number of aromatic nitrogens is 5. The zero-order valence-electron chi connectivity index (χ0n) is 19.5. The first kappa shape index (κ1) is 21.8. The van der Waals surface area contributed by atoms with E-state index in [2.05, 4.69) is 44.6 Å². The van der Waals surface area contributed by atoms with Gasteiger partial charge in [-0.05, 0) is 62.8 Å². The van der Waals surface area contributed by atoms with Crippen molar-refractivity contribution < 1.29 is 4.74 Å². The molecule has 33 heavy (non-hydrogen) atoms. The van der Waals surface area contributed by atoms with Crippen molar-refractivity contribution in [3.8, 4) is 17.0 Å². The minimum absolute atomic E-state index is 0.0321. The Balaban J connectivity index is 1.22. The Morgan fingerprint density at radius 1 is 1.15 bits per heavy atom. The van der Waals surface area contributed by atoms with Crippen LogP contribution in [-0.4, -0.2) is 57.7 Å². The first-order valence-electron chi connectivity index (χ1n) is 12.0. The molecule has 4 heterocycles. The summed E-state index contributed by atoms with van der Waals surface area (Å²) in [5.41, 5.74) is 2.76. The summed E-state index contributed by atoms with van der Waals surface area (Å²) >= 11 is 0. The lowest BCUT2D eigenvalue weighted by Crippen LogP contribution is -2.47. The Morgan fingerprint density at radius 3 is 2.82 bits per heavy atom. The number of anilines is 1. The van der Waals surface area contributed by atoms with E-state index in [9.17, 15) is 0 Å². The SMILES string of the molecule is COc1cncc(-c2cn(C(C)c3ccc(N4CCC[C@@H](NCC5CCC5)C4)nc3)nn2)c1. The molecule has 2 fully saturated rings. The van der Waals surface area contributed by atoms with Gasteiger partial charge in [-0.1, -0.05) is 17.7 Å². The van der Waals surface area contributed by atoms with Gasteiger partial charge in [0.1, 0.15) is 17.3 Å². The number of piperidine rings is 1. The summed E-state index contributed by atoms with van der Waals surface area (Å²) in [5.74, 6) is 2.66. The minimum Gasteiger partial charge on any atom is -0.495 e. The molecule has 0 spiro atoms. The molecule has 0 bridgehead atoms. The highest BCUT2D eigenvalue weighted by Crippen LogP contribution is 2.27. The Morgan fingerprint density at radius 2 is 2.06 bits per heavy atom. The smallest absolute Gasteiger partial charge is 0.137 e. The van der Waals surface area contributed by atoms with E-state index < -0.39 is 0 Å². The number of nitrogens with zero attached hydrogens (tertiary/aromatic N) is 6. The number of nitrogens with one attached hydrogen (secondary N) is 1. The third-order valence-electron chi connectivity index (χ3n) is 7.07. The first-order chi connectivity index (χ1) is 16.2. The van der Waals surface area contributed by atoms with Crippen LogP contribution in [0.3, 0.4) is 0 Å². The maximum Gasteiger partial charge on any atom is 0.137 e. The van der Waals surface area contributed by atoms with Crippen LogP contribution in [0, 0.1) is 5.92 Å². The monoisotopic (exact) mass is 447 g/mol. The Kier molecular flexibility index (Phi) is 6.53. The largest absolute Gasteiger partial charge is 0.495 e. The van der Waals surface area contributed by atoms with Gasteiger partial charge in [-0.25, -0.2) is 9.67 Å². The molecular formula is C25H33N7O. The highest BCUT2D eigenvalue weighted by atomic mass is 16.5. The van der Waals surface area contributed by atoms with Gasteiger partial charge in [0.2, 0.25) is 0 Å². The third-order valence-corrected chi connectivity index (χ3v) is 7.07. The van der Waals surface area contributed by atoms with E-state index in [4.69, 9.17) is 9.72 Å². The van der Waals surface area contributed by atoms with Gasteiger partial charge in [0, 0.05) is 37.1 Å². The summed E-state index contributed by atoms with van der Waals surface area (Å²) in [6, 6.07) is 6.82. The Hall–Kier alpha value is -3.00. The summed E-state index contributed by atoms with van der Waals surface area (Å²) in [4.78, 5) is 11.4. The molecule has 2 aliphatic rings. The fourth-order valence-corrected chi connectivity index (χ4v) is 4.64. The van der Waals surface area contributed by atoms with Crippen LogP contribution >= 0.6 is 0 Å². The predicted molar refractivity (Wildman–Crippen MR) is 128 cm³/mol. The van der Waals surface area contributed by atoms with E-state index in [1.54, 1.807) is 19.5 Å². The molecule has 3 aromatic heterocycles. The number of methoxy groups -OCH3 is 1. The fraction of sp³-hybridized carbons (Fsp3) is 0.520. The van der Waals surface area contributed by atoms with Crippen LogP contribution in [0.4, 0.5) is 5.82 Å². The maximum atomic E-state index is 5.27. The molecule has 0 radical (unpaired) electrons. The summed E-state index contributed by atoms with van der Waals surface area (Å²) in [7, 11) is 1.63. The van der Waals surface area contributed by atoms with Gasteiger partial charge < -0.3 is 15.0 Å². The molecule has 0 aromatic carbocycles. The van der Waals surface area contributed by atoms with E-state index >= 15 is 0 Å². The second kappa shape index (κ2) is 9.87. The number of hydrogen-bond donors (Lipinski definition) is 1. The van der Waals surface area contributed by atoms with Crippen LogP contribution in [-0.2, 0) is 0 Å². The Labute approximate surface area is 195 Å². The molecule has 1 saturated carbocycles. The van der Waals surface area contributed by atoms with Crippen LogP contribution in [0.15, 0.2) is 43.0 Å². The zero-order valence-corrected chi connectivity index (χ0v) is 19.5. The zero-order chi connectivity index (χ0) is 22.6. The highest BCUT2D eigenvalue weighted by molar-refractivity contribution is 5.58. The molecule has 1 aliphatic carbocycles. The lowest BCUT2D eigenvalue weighted by Gasteiger charge is -2.36. The van der Waals surface area contributed by atoms with Crippen LogP contribution in [0.25, 0.3) is 11.3 Å². The average Bonchev–Trinajstić information content (AvgIpc) is 3.33. The van der Waals surface area contributed by atoms with Crippen molar-refractivity contribution in [2.24, 2.45) is 5.92 Å². The van der Waals surface area contributed by atoms with Crippen LogP contribution in [0.5, 0.6) is 5.75 Å². The molecule has 174 valence electrons. The number of ether oxygens (including phenoxy) is 1. The van der Waals surface area contributed by atoms with Gasteiger partial charge in [0.25, 0.3) is 0 Å². The van der Waals surface area contributed by atoms with Crippen molar-refractivity contribution >= 4 is 5.82 Å². The van der Waals surface area contributed by atoms with E-state index in [1.807, 2.05) is 23.1 Å².